The molecular formula is C14H18O2P. The van der Waals surface area contributed by atoms with Crippen molar-refractivity contribution < 1.29 is 9.36 Å². The van der Waals surface area contributed by atoms with E-state index in [4.69, 9.17) is 0 Å². The summed E-state index contributed by atoms with van der Waals surface area (Å²) in [5, 5.41) is 0. The zero-order valence-corrected chi connectivity index (χ0v) is 10.9. The highest BCUT2D eigenvalue weighted by atomic mass is 31.1. The van der Waals surface area contributed by atoms with Crippen LogP contribution in [-0.4, -0.2) is 11.2 Å². The van der Waals surface area contributed by atoms with Crippen molar-refractivity contribution >= 4 is 13.3 Å². The van der Waals surface area contributed by atoms with Gasteiger partial charge in [-0.3, -0.25) is 9.36 Å². The molecule has 2 rings (SSSR count). The van der Waals surface area contributed by atoms with Crippen LogP contribution in [0.25, 0.3) is 0 Å². The van der Waals surface area contributed by atoms with Gasteiger partial charge in [-0.2, -0.15) is 0 Å². The predicted molar refractivity (Wildman–Crippen MR) is 69.9 cm³/mol. The Kier molecular flexibility index (Phi) is 4.44. The maximum Gasteiger partial charge on any atom is 0.242 e. The summed E-state index contributed by atoms with van der Waals surface area (Å²) in [6, 6.07) is 9.03. The van der Waals surface area contributed by atoms with Gasteiger partial charge in [-0.15, -0.1) is 0 Å². The van der Waals surface area contributed by atoms with Crippen LogP contribution < -0.4 is 0 Å². The van der Waals surface area contributed by atoms with Gasteiger partial charge >= 0.3 is 0 Å². The molecule has 1 aliphatic carbocycles. The Labute approximate surface area is 103 Å². The lowest BCUT2D eigenvalue weighted by molar-refractivity contribution is 0.107. The van der Waals surface area contributed by atoms with Crippen LogP contribution in [0.2, 0.25) is 0 Å². The normalized spacial score (nSPS) is 18.5. The minimum Gasteiger partial charge on any atom is -0.281 e. The molecule has 0 heterocycles. The first-order valence-corrected chi connectivity index (χ1v) is 7.67. The molecule has 2 nitrogen and oxygen atoms in total. The smallest absolute Gasteiger partial charge is 0.242 e. The van der Waals surface area contributed by atoms with E-state index < -0.39 is 7.80 Å². The summed E-state index contributed by atoms with van der Waals surface area (Å²) in [7, 11) is -1.74. The summed E-state index contributed by atoms with van der Waals surface area (Å²) >= 11 is 0. The molecule has 0 N–H and O–H groups in total. The summed E-state index contributed by atoms with van der Waals surface area (Å²) in [5.41, 5.74) is 0.547. The number of carbonyl (C=O) groups is 1. The maximum absolute atomic E-state index is 12.2. The van der Waals surface area contributed by atoms with Crippen molar-refractivity contribution in [2.45, 2.75) is 44.2 Å². The van der Waals surface area contributed by atoms with E-state index in [1.807, 2.05) is 18.2 Å². The monoisotopic (exact) mass is 249 g/mol. The number of hydrogen-bond acceptors (Lipinski definition) is 2. The fourth-order valence-electron chi connectivity index (χ4n) is 2.37. The largest absolute Gasteiger partial charge is 0.281 e. The maximum atomic E-state index is 12.2. The third kappa shape index (κ3) is 3.23. The fraction of sp³-hybridized carbons (Fsp3) is 0.500. The minimum atomic E-state index is -1.74. The molecule has 17 heavy (non-hydrogen) atoms. The van der Waals surface area contributed by atoms with Crippen LogP contribution in [0.3, 0.4) is 0 Å². The van der Waals surface area contributed by atoms with E-state index in [1.54, 1.807) is 12.1 Å². The third-order valence-corrected chi connectivity index (χ3v) is 5.22. The van der Waals surface area contributed by atoms with Gasteiger partial charge in [-0.25, -0.2) is 0 Å². The molecule has 1 aromatic carbocycles. The molecule has 0 aliphatic heterocycles. The minimum absolute atomic E-state index is 0.111. The molecule has 0 saturated heterocycles. The van der Waals surface area contributed by atoms with Crippen LogP contribution in [0.1, 0.15) is 48.9 Å². The van der Waals surface area contributed by atoms with E-state index in [1.165, 1.54) is 12.8 Å². The van der Waals surface area contributed by atoms with Gasteiger partial charge in [0.1, 0.15) is 7.80 Å². The zero-order chi connectivity index (χ0) is 12.1. The lowest BCUT2D eigenvalue weighted by Crippen LogP contribution is -2.06. The van der Waals surface area contributed by atoms with Crippen LogP contribution in [0, 0.1) is 0 Å². The molecule has 1 aliphatic rings. The second kappa shape index (κ2) is 6.07. The van der Waals surface area contributed by atoms with E-state index >= 15 is 0 Å². The molecule has 1 atom stereocenters. The summed E-state index contributed by atoms with van der Waals surface area (Å²) in [4.78, 5) is 12.1. The Morgan fingerprint density at radius 1 is 1.00 bits per heavy atom. The van der Waals surface area contributed by atoms with Crippen molar-refractivity contribution in [3.05, 3.63) is 35.9 Å². The molecule has 0 amide bonds. The highest BCUT2D eigenvalue weighted by Crippen LogP contribution is 2.40. The Morgan fingerprint density at radius 2 is 1.59 bits per heavy atom. The third-order valence-electron chi connectivity index (χ3n) is 3.38. The molecule has 0 aromatic heterocycles. The number of hydrogen-bond donors (Lipinski definition) is 0. The summed E-state index contributed by atoms with van der Waals surface area (Å²) in [6.45, 7) is 0. The van der Waals surface area contributed by atoms with Gasteiger partial charge < -0.3 is 0 Å². The second-order valence-electron chi connectivity index (χ2n) is 4.64. The Morgan fingerprint density at radius 3 is 2.18 bits per heavy atom. The Hall–Kier alpha value is -1.01. The van der Waals surface area contributed by atoms with Crippen molar-refractivity contribution in [3.8, 4) is 0 Å². The Bertz CT molecular complexity index is 392. The molecule has 1 saturated carbocycles. The summed E-state index contributed by atoms with van der Waals surface area (Å²) < 4.78 is 12.2. The van der Waals surface area contributed by atoms with Crippen LogP contribution in [0.5, 0.6) is 0 Å². The van der Waals surface area contributed by atoms with Gasteiger partial charge in [0, 0.05) is 11.2 Å². The summed E-state index contributed by atoms with van der Waals surface area (Å²) in [6.07, 6.45) is 6.58. The molecule has 1 fully saturated rings. The Balaban J connectivity index is 2.06. The first-order valence-electron chi connectivity index (χ1n) is 6.35. The number of rotatable bonds is 3. The van der Waals surface area contributed by atoms with Gasteiger partial charge in [-0.05, 0) is 12.8 Å². The van der Waals surface area contributed by atoms with Crippen LogP contribution in [0.4, 0.5) is 0 Å². The van der Waals surface area contributed by atoms with E-state index in [9.17, 15) is 9.36 Å². The molecule has 1 aromatic rings. The van der Waals surface area contributed by atoms with Crippen LogP contribution in [0.15, 0.2) is 30.3 Å². The van der Waals surface area contributed by atoms with Crippen LogP contribution >= 0.6 is 7.80 Å². The van der Waals surface area contributed by atoms with E-state index in [2.05, 4.69) is 0 Å². The fourth-order valence-corrected chi connectivity index (χ4v) is 3.94. The number of benzene rings is 1. The van der Waals surface area contributed by atoms with Crippen molar-refractivity contribution in [2.24, 2.45) is 0 Å². The second-order valence-corrected chi connectivity index (χ2v) is 6.43. The van der Waals surface area contributed by atoms with Crippen molar-refractivity contribution in [1.29, 1.82) is 0 Å². The lowest BCUT2D eigenvalue weighted by Gasteiger charge is -2.11. The average molecular weight is 249 g/mol. The quantitative estimate of drug-likeness (QED) is 0.588. The first-order chi connectivity index (χ1) is 8.29. The van der Waals surface area contributed by atoms with Crippen molar-refractivity contribution in [3.63, 3.8) is 0 Å². The van der Waals surface area contributed by atoms with Crippen molar-refractivity contribution in [1.82, 2.24) is 0 Å². The van der Waals surface area contributed by atoms with Crippen molar-refractivity contribution in [2.75, 3.05) is 0 Å². The molecule has 0 bridgehead atoms. The lowest BCUT2D eigenvalue weighted by atomic mass is 10.2. The van der Waals surface area contributed by atoms with Gasteiger partial charge in [-0.1, -0.05) is 56.0 Å². The first kappa shape index (κ1) is 12.4. The highest BCUT2D eigenvalue weighted by Gasteiger charge is 2.25. The van der Waals surface area contributed by atoms with E-state index in [0.29, 0.717) is 5.56 Å². The number of carbonyl (C=O) groups excluding carboxylic acids is 1. The molecule has 1 unspecified atom stereocenters. The SMILES string of the molecule is O=C(c1ccccc1)[P](=O)C1CCCCCC1. The van der Waals surface area contributed by atoms with Gasteiger partial charge in [0.15, 0.2) is 0 Å². The topological polar surface area (TPSA) is 34.1 Å². The van der Waals surface area contributed by atoms with Gasteiger partial charge in [0.25, 0.3) is 0 Å². The average Bonchev–Trinajstić information content (AvgIpc) is 2.67. The van der Waals surface area contributed by atoms with E-state index in [0.717, 1.165) is 25.7 Å². The molecule has 3 heteroatoms. The van der Waals surface area contributed by atoms with Gasteiger partial charge in [0.05, 0.1) is 0 Å². The molecular weight excluding hydrogens is 231 g/mol. The summed E-state index contributed by atoms with van der Waals surface area (Å²) in [5.74, 6) is 0. The zero-order valence-electron chi connectivity index (χ0n) is 9.97. The standard InChI is InChI=1S/C14H18O2P/c15-14(12-8-4-3-5-9-12)17(16)13-10-6-1-2-7-11-13/h3-5,8-9,13H,1-2,6-7,10-11H2. The molecule has 0 spiro atoms. The van der Waals surface area contributed by atoms with Crippen LogP contribution in [-0.2, 0) is 4.57 Å². The van der Waals surface area contributed by atoms with Gasteiger partial charge in [0.2, 0.25) is 5.52 Å². The highest BCUT2D eigenvalue weighted by molar-refractivity contribution is 7.65. The predicted octanol–water partition coefficient (Wildman–Crippen LogP) is 4.38. The van der Waals surface area contributed by atoms with E-state index in [-0.39, 0.29) is 11.2 Å². The molecule has 1 radical (unpaired) electrons. The molecule has 91 valence electrons.